The summed E-state index contributed by atoms with van der Waals surface area (Å²) in [6, 6.07) is 21.6. The van der Waals surface area contributed by atoms with Gasteiger partial charge < -0.3 is 15.4 Å². The van der Waals surface area contributed by atoms with E-state index < -0.39 is 4.92 Å². The van der Waals surface area contributed by atoms with Crippen molar-refractivity contribution < 1.29 is 9.66 Å². The van der Waals surface area contributed by atoms with Crippen LogP contribution in [0.3, 0.4) is 0 Å². The van der Waals surface area contributed by atoms with E-state index in [-0.39, 0.29) is 11.3 Å². The molecule has 31 heavy (non-hydrogen) atoms. The van der Waals surface area contributed by atoms with E-state index in [0.717, 1.165) is 22.7 Å². The van der Waals surface area contributed by atoms with Gasteiger partial charge in [-0.1, -0.05) is 24.3 Å². The number of nitrogens with zero attached hydrogens (tertiary/aromatic N) is 2. The molecular formula is C24H22N4O3. The first-order valence-corrected chi connectivity index (χ1v) is 9.82. The summed E-state index contributed by atoms with van der Waals surface area (Å²) in [7, 11) is 0. The normalized spacial score (nSPS) is 14.3. The van der Waals surface area contributed by atoms with Gasteiger partial charge in [0.25, 0.3) is 5.69 Å². The van der Waals surface area contributed by atoms with Crippen LogP contribution in [0.15, 0.2) is 83.9 Å². The van der Waals surface area contributed by atoms with E-state index in [4.69, 9.17) is 4.74 Å². The zero-order valence-electron chi connectivity index (χ0n) is 17.2. The molecule has 0 saturated carbocycles. The molecule has 0 amide bonds. The minimum Gasteiger partial charge on any atom is -0.483 e. The molecule has 0 aromatic heterocycles. The van der Waals surface area contributed by atoms with Crippen LogP contribution in [0.25, 0.3) is 6.08 Å². The first-order valence-electron chi connectivity index (χ1n) is 9.82. The maximum absolute atomic E-state index is 10.9. The van der Waals surface area contributed by atoms with Crippen LogP contribution in [0.5, 0.6) is 5.75 Å². The number of benzene rings is 3. The SMILES string of the molecule is CC1(C)C=Cc2cc(NC(=Nc3ccc([N+](=O)[O-])cc3)Nc3ccccc3)ccc2O1. The highest BCUT2D eigenvalue weighted by Crippen LogP contribution is 2.32. The molecule has 0 aliphatic carbocycles. The topological polar surface area (TPSA) is 88.8 Å². The van der Waals surface area contributed by atoms with Crippen LogP contribution in [-0.4, -0.2) is 16.5 Å². The van der Waals surface area contributed by atoms with Crippen LogP contribution < -0.4 is 15.4 Å². The molecule has 0 saturated heterocycles. The summed E-state index contributed by atoms with van der Waals surface area (Å²) in [5, 5.41) is 17.5. The van der Waals surface area contributed by atoms with E-state index in [1.807, 2.05) is 74.5 Å². The predicted octanol–water partition coefficient (Wildman–Crippen LogP) is 5.99. The Bertz CT molecular complexity index is 1150. The zero-order valence-corrected chi connectivity index (χ0v) is 17.2. The van der Waals surface area contributed by atoms with Crippen molar-refractivity contribution in [2.75, 3.05) is 10.6 Å². The Morgan fingerprint density at radius 2 is 1.68 bits per heavy atom. The highest BCUT2D eigenvalue weighted by atomic mass is 16.6. The molecule has 7 nitrogen and oxygen atoms in total. The van der Waals surface area contributed by atoms with Gasteiger partial charge in [0.1, 0.15) is 11.4 Å². The zero-order chi connectivity index (χ0) is 21.8. The average molecular weight is 414 g/mol. The quantitative estimate of drug-likeness (QED) is 0.237. The highest BCUT2D eigenvalue weighted by molar-refractivity contribution is 6.05. The molecule has 3 aromatic carbocycles. The van der Waals surface area contributed by atoms with Gasteiger partial charge in [0.2, 0.25) is 5.96 Å². The number of nitro benzene ring substituents is 1. The smallest absolute Gasteiger partial charge is 0.269 e. The number of nitrogens with one attached hydrogen (secondary N) is 2. The molecule has 1 aliphatic heterocycles. The van der Waals surface area contributed by atoms with Crippen LogP contribution in [0.1, 0.15) is 19.4 Å². The third-order valence-corrected chi connectivity index (χ3v) is 4.65. The molecule has 156 valence electrons. The Kier molecular flexibility index (Phi) is 5.41. The Morgan fingerprint density at radius 1 is 0.968 bits per heavy atom. The van der Waals surface area contributed by atoms with Crippen molar-refractivity contribution in [2.24, 2.45) is 4.99 Å². The third-order valence-electron chi connectivity index (χ3n) is 4.65. The van der Waals surface area contributed by atoms with Crippen molar-refractivity contribution in [3.8, 4) is 5.75 Å². The summed E-state index contributed by atoms with van der Waals surface area (Å²) in [4.78, 5) is 15.1. The number of nitro groups is 1. The maximum Gasteiger partial charge on any atom is 0.269 e. The van der Waals surface area contributed by atoms with Crippen LogP contribution in [-0.2, 0) is 0 Å². The molecule has 0 bridgehead atoms. The van der Waals surface area contributed by atoms with Gasteiger partial charge in [-0.2, -0.15) is 0 Å². The van der Waals surface area contributed by atoms with E-state index in [9.17, 15) is 10.1 Å². The third kappa shape index (κ3) is 5.08. The average Bonchev–Trinajstić information content (AvgIpc) is 2.74. The Hall–Kier alpha value is -4.13. The number of anilines is 2. The van der Waals surface area contributed by atoms with E-state index in [2.05, 4.69) is 15.6 Å². The van der Waals surface area contributed by atoms with Crippen molar-refractivity contribution >= 4 is 34.8 Å². The first-order chi connectivity index (χ1) is 14.9. The van der Waals surface area contributed by atoms with Crippen LogP contribution in [0.2, 0.25) is 0 Å². The van der Waals surface area contributed by atoms with Gasteiger partial charge in [-0.3, -0.25) is 10.1 Å². The number of fused-ring (bicyclic) bond motifs is 1. The standard InChI is InChI=1S/C24H22N4O3/c1-24(2)15-14-17-16-20(10-13-22(17)31-24)27-23(25-18-6-4-3-5-7-18)26-19-8-11-21(12-9-19)28(29)30/h3-16H,1-2H3,(H2,25,26,27). The lowest BCUT2D eigenvalue weighted by Gasteiger charge is -2.28. The Labute approximate surface area is 180 Å². The van der Waals surface area contributed by atoms with E-state index in [1.54, 1.807) is 12.1 Å². The summed E-state index contributed by atoms with van der Waals surface area (Å²) in [5.41, 5.74) is 2.93. The van der Waals surface area contributed by atoms with Gasteiger partial charge in [-0.25, -0.2) is 4.99 Å². The number of aliphatic imine (C=N–C) groups is 1. The number of rotatable bonds is 4. The second kappa shape index (κ2) is 8.31. The molecule has 4 rings (SSSR count). The molecule has 0 spiro atoms. The molecule has 2 N–H and O–H groups in total. The number of hydrogen-bond donors (Lipinski definition) is 2. The lowest BCUT2D eigenvalue weighted by atomic mass is 10.0. The summed E-state index contributed by atoms with van der Waals surface area (Å²) in [6.07, 6.45) is 4.06. The number of para-hydroxylation sites is 1. The second-order valence-corrected chi connectivity index (χ2v) is 7.64. The van der Waals surface area contributed by atoms with Gasteiger partial charge in [0.15, 0.2) is 0 Å². The van der Waals surface area contributed by atoms with Crippen molar-refractivity contribution in [3.05, 3.63) is 94.6 Å². The van der Waals surface area contributed by atoms with Gasteiger partial charge in [-0.15, -0.1) is 0 Å². The molecule has 1 aliphatic rings. The van der Waals surface area contributed by atoms with Crippen molar-refractivity contribution in [3.63, 3.8) is 0 Å². The fraction of sp³-hybridized carbons (Fsp3) is 0.125. The molecular weight excluding hydrogens is 392 g/mol. The minimum absolute atomic E-state index is 0.0221. The maximum atomic E-state index is 10.9. The van der Waals surface area contributed by atoms with Crippen molar-refractivity contribution in [2.45, 2.75) is 19.4 Å². The molecule has 7 heteroatoms. The molecule has 0 fully saturated rings. The molecule has 0 atom stereocenters. The summed E-state index contributed by atoms with van der Waals surface area (Å²) in [6.45, 7) is 4.02. The van der Waals surface area contributed by atoms with Crippen LogP contribution >= 0.6 is 0 Å². The highest BCUT2D eigenvalue weighted by Gasteiger charge is 2.21. The van der Waals surface area contributed by atoms with Crippen LogP contribution in [0.4, 0.5) is 22.7 Å². The van der Waals surface area contributed by atoms with Crippen molar-refractivity contribution in [1.29, 1.82) is 0 Å². The monoisotopic (exact) mass is 414 g/mol. The number of ether oxygens (including phenoxy) is 1. The van der Waals surface area contributed by atoms with E-state index >= 15 is 0 Å². The van der Waals surface area contributed by atoms with E-state index in [0.29, 0.717) is 11.6 Å². The lowest BCUT2D eigenvalue weighted by Crippen LogP contribution is -2.27. The van der Waals surface area contributed by atoms with Crippen molar-refractivity contribution in [1.82, 2.24) is 0 Å². The lowest BCUT2D eigenvalue weighted by molar-refractivity contribution is -0.384. The number of non-ortho nitro benzene ring substituents is 1. The Balaban J connectivity index is 1.62. The van der Waals surface area contributed by atoms with E-state index in [1.165, 1.54) is 12.1 Å². The molecule has 3 aromatic rings. The summed E-state index contributed by atoms with van der Waals surface area (Å²) >= 11 is 0. The fourth-order valence-corrected chi connectivity index (χ4v) is 3.12. The molecule has 0 unspecified atom stereocenters. The molecule has 1 heterocycles. The largest absolute Gasteiger partial charge is 0.483 e. The Morgan fingerprint density at radius 3 is 2.39 bits per heavy atom. The second-order valence-electron chi connectivity index (χ2n) is 7.64. The minimum atomic E-state index is -0.432. The number of guanidine groups is 1. The van der Waals surface area contributed by atoms with Crippen LogP contribution in [0, 0.1) is 10.1 Å². The van der Waals surface area contributed by atoms with Gasteiger partial charge >= 0.3 is 0 Å². The predicted molar refractivity (Wildman–Crippen MR) is 124 cm³/mol. The summed E-state index contributed by atoms with van der Waals surface area (Å²) < 4.78 is 5.99. The first kappa shape index (κ1) is 20.2. The number of hydrogen-bond acceptors (Lipinski definition) is 4. The fourth-order valence-electron chi connectivity index (χ4n) is 3.12. The van der Waals surface area contributed by atoms with Gasteiger partial charge in [-0.05, 0) is 62.4 Å². The van der Waals surface area contributed by atoms with Gasteiger partial charge in [0, 0.05) is 29.1 Å². The van der Waals surface area contributed by atoms with Gasteiger partial charge in [0.05, 0.1) is 10.6 Å². The molecule has 0 radical (unpaired) electrons. The summed E-state index contributed by atoms with van der Waals surface area (Å²) in [5.74, 6) is 1.31.